The quantitative estimate of drug-likeness (QED) is 0.915. The Hall–Kier alpha value is -0.390. The van der Waals surface area contributed by atoms with E-state index in [1.807, 2.05) is 26.0 Å². The van der Waals surface area contributed by atoms with Gasteiger partial charge in [-0.15, -0.1) is 0 Å². The maximum absolute atomic E-state index is 11.3. The number of benzene rings is 1. The van der Waals surface area contributed by atoms with Gasteiger partial charge in [0.1, 0.15) is 18.0 Å². The van der Waals surface area contributed by atoms with Gasteiger partial charge in [-0.05, 0) is 49.9 Å². The zero-order valence-corrected chi connectivity index (χ0v) is 13.6. The Bertz CT molecular complexity index is 468. The molecule has 0 unspecified atom stereocenters. The van der Waals surface area contributed by atoms with Crippen molar-refractivity contribution < 1.29 is 14.1 Å². The van der Waals surface area contributed by atoms with Gasteiger partial charge in [-0.1, -0.05) is 15.9 Å². The summed E-state index contributed by atoms with van der Waals surface area (Å²) in [6.07, 6.45) is 1.10. The van der Waals surface area contributed by atoms with Crippen LogP contribution >= 0.6 is 15.9 Å². The van der Waals surface area contributed by atoms with E-state index in [1.165, 1.54) is 0 Å². The van der Waals surface area contributed by atoms with Gasteiger partial charge < -0.3 is 9.84 Å². The highest BCUT2D eigenvalue weighted by atomic mass is 79.9. The van der Waals surface area contributed by atoms with E-state index in [0.717, 1.165) is 21.3 Å². The second-order valence-electron chi connectivity index (χ2n) is 5.23. The first-order valence-electron chi connectivity index (χ1n) is 6.36. The standard InChI is InChI=1S/C14H19BrO3S/c1-10-7-12(8-11(2)13(10)15)18-9-14(16)3-5-19(17)6-4-14/h7-8,16H,3-6,9H2,1-2H3. The van der Waals surface area contributed by atoms with Crippen LogP contribution in [0.5, 0.6) is 5.75 Å². The van der Waals surface area contributed by atoms with E-state index in [2.05, 4.69) is 15.9 Å². The number of hydrogen-bond donors (Lipinski definition) is 1. The van der Waals surface area contributed by atoms with Crippen molar-refractivity contribution in [2.24, 2.45) is 0 Å². The fourth-order valence-electron chi connectivity index (χ4n) is 2.19. The number of aliphatic hydroxyl groups is 1. The molecule has 5 heteroatoms. The molecule has 0 aromatic heterocycles. The fraction of sp³-hybridized carbons (Fsp3) is 0.571. The molecular formula is C14H19BrO3S. The second-order valence-corrected chi connectivity index (χ2v) is 7.72. The molecule has 0 radical (unpaired) electrons. The predicted molar refractivity (Wildman–Crippen MR) is 81.2 cm³/mol. The van der Waals surface area contributed by atoms with Crippen LogP contribution < -0.4 is 4.74 Å². The minimum absolute atomic E-state index is 0.269. The molecule has 1 heterocycles. The Morgan fingerprint density at radius 3 is 2.37 bits per heavy atom. The van der Waals surface area contributed by atoms with Crippen LogP contribution in [0.3, 0.4) is 0 Å². The Balaban J connectivity index is 2.01. The van der Waals surface area contributed by atoms with E-state index in [1.54, 1.807) is 0 Å². The zero-order valence-electron chi connectivity index (χ0n) is 11.2. The van der Waals surface area contributed by atoms with E-state index in [0.29, 0.717) is 24.3 Å². The summed E-state index contributed by atoms with van der Waals surface area (Å²) in [5.41, 5.74) is 1.40. The van der Waals surface area contributed by atoms with Gasteiger partial charge in [0.2, 0.25) is 0 Å². The Morgan fingerprint density at radius 2 is 1.84 bits per heavy atom. The van der Waals surface area contributed by atoms with Crippen molar-refractivity contribution in [3.8, 4) is 5.75 Å². The number of halogens is 1. The lowest BCUT2D eigenvalue weighted by Crippen LogP contribution is -2.42. The highest BCUT2D eigenvalue weighted by Crippen LogP contribution is 2.28. The Morgan fingerprint density at radius 1 is 1.32 bits per heavy atom. The van der Waals surface area contributed by atoms with Gasteiger partial charge in [0.25, 0.3) is 0 Å². The molecule has 1 fully saturated rings. The van der Waals surface area contributed by atoms with Crippen LogP contribution in [0.4, 0.5) is 0 Å². The molecule has 0 saturated carbocycles. The summed E-state index contributed by atoms with van der Waals surface area (Å²) in [6, 6.07) is 3.92. The van der Waals surface area contributed by atoms with Crippen molar-refractivity contribution in [2.45, 2.75) is 32.3 Å². The molecule has 1 aliphatic heterocycles. The van der Waals surface area contributed by atoms with E-state index in [4.69, 9.17) is 4.74 Å². The zero-order chi connectivity index (χ0) is 14.0. The lowest BCUT2D eigenvalue weighted by molar-refractivity contribution is -0.0122. The molecule has 3 nitrogen and oxygen atoms in total. The second kappa shape index (κ2) is 5.94. The summed E-state index contributed by atoms with van der Waals surface area (Å²) in [5.74, 6) is 1.91. The molecule has 0 amide bonds. The highest BCUT2D eigenvalue weighted by Gasteiger charge is 2.32. The summed E-state index contributed by atoms with van der Waals surface area (Å²) >= 11 is 3.52. The molecule has 1 saturated heterocycles. The average molecular weight is 347 g/mol. The SMILES string of the molecule is Cc1cc(OCC2(O)CCS(=O)CC2)cc(C)c1Br. The Kier molecular flexibility index (Phi) is 4.69. The third kappa shape index (κ3) is 3.80. The molecule has 1 aromatic carbocycles. The van der Waals surface area contributed by atoms with E-state index >= 15 is 0 Å². The predicted octanol–water partition coefficient (Wildman–Crippen LogP) is 2.72. The normalized spacial score (nSPS) is 27.3. The van der Waals surface area contributed by atoms with Crippen molar-refractivity contribution in [1.82, 2.24) is 0 Å². The summed E-state index contributed by atoms with van der Waals surface area (Å²) in [4.78, 5) is 0. The first-order chi connectivity index (χ1) is 8.89. The highest BCUT2D eigenvalue weighted by molar-refractivity contribution is 9.10. The number of rotatable bonds is 3. The van der Waals surface area contributed by atoms with Crippen LogP contribution in [0.2, 0.25) is 0 Å². The largest absolute Gasteiger partial charge is 0.491 e. The van der Waals surface area contributed by atoms with Crippen molar-refractivity contribution in [2.75, 3.05) is 18.1 Å². The topological polar surface area (TPSA) is 46.5 Å². The molecular weight excluding hydrogens is 328 g/mol. The van der Waals surface area contributed by atoms with Gasteiger partial charge in [0.05, 0.1) is 0 Å². The Labute approximate surface area is 124 Å². The van der Waals surface area contributed by atoms with Crippen LogP contribution in [0.15, 0.2) is 16.6 Å². The first-order valence-corrected chi connectivity index (χ1v) is 8.65. The van der Waals surface area contributed by atoms with Gasteiger partial charge in [-0.25, -0.2) is 0 Å². The van der Waals surface area contributed by atoms with Crippen LogP contribution in [-0.4, -0.2) is 33.0 Å². The van der Waals surface area contributed by atoms with E-state index in [-0.39, 0.29) is 6.61 Å². The summed E-state index contributed by atoms with van der Waals surface area (Å²) in [5, 5.41) is 10.4. The third-order valence-electron chi connectivity index (χ3n) is 3.51. The average Bonchev–Trinajstić information content (AvgIpc) is 2.37. The van der Waals surface area contributed by atoms with E-state index < -0.39 is 16.4 Å². The summed E-state index contributed by atoms with van der Waals surface area (Å²) in [7, 11) is -0.767. The summed E-state index contributed by atoms with van der Waals surface area (Å²) < 4.78 is 18.1. The van der Waals surface area contributed by atoms with Crippen molar-refractivity contribution >= 4 is 26.7 Å². The van der Waals surface area contributed by atoms with Gasteiger partial charge in [0, 0.05) is 26.8 Å². The molecule has 2 rings (SSSR count). The van der Waals surface area contributed by atoms with Crippen LogP contribution in [0, 0.1) is 13.8 Å². The molecule has 0 bridgehead atoms. The minimum atomic E-state index is -0.831. The number of ether oxygens (including phenoxy) is 1. The van der Waals surface area contributed by atoms with Crippen molar-refractivity contribution in [1.29, 1.82) is 0 Å². The van der Waals surface area contributed by atoms with Gasteiger partial charge in [-0.3, -0.25) is 4.21 Å². The maximum atomic E-state index is 11.3. The molecule has 0 atom stereocenters. The van der Waals surface area contributed by atoms with E-state index in [9.17, 15) is 9.32 Å². The summed E-state index contributed by atoms with van der Waals surface area (Å²) in [6.45, 7) is 4.30. The lowest BCUT2D eigenvalue weighted by atomic mass is 9.98. The third-order valence-corrected chi connectivity index (χ3v) is 6.08. The molecule has 1 N–H and O–H groups in total. The smallest absolute Gasteiger partial charge is 0.120 e. The van der Waals surface area contributed by atoms with Crippen LogP contribution in [0.1, 0.15) is 24.0 Å². The molecule has 0 spiro atoms. The van der Waals surface area contributed by atoms with Gasteiger partial charge >= 0.3 is 0 Å². The van der Waals surface area contributed by atoms with Crippen molar-refractivity contribution in [3.05, 3.63) is 27.7 Å². The maximum Gasteiger partial charge on any atom is 0.120 e. The lowest BCUT2D eigenvalue weighted by Gasteiger charge is -2.31. The monoisotopic (exact) mass is 346 g/mol. The minimum Gasteiger partial charge on any atom is -0.491 e. The molecule has 1 aromatic rings. The molecule has 106 valence electrons. The van der Waals surface area contributed by atoms with Crippen LogP contribution in [0.25, 0.3) is 0 Å². The van der Waals surface area contributed by atoms with Gasteiger partial charge in [-0.2, -0.15) is 0 Å². The molecule has 1 aliphatic rings. The fourth-order valence-corrected chi connectivity index (χ4v) is 3.83. The molecule has 0 aliphatic carbocycles. The van der Waals surface area contributed by atoms with Gasteiger partial charge in [0.15, 0.2) is 0 Å². The first kappa shape index (κ1) is 15.0. The van der Waals surface area contributed by atoms with Crippen molar-refractivity contribution in [3.63, 3.8) is 0 Å². The van der Waals surface area contributed by atoms with Crippen LogP contribution in [-0.2, 0) is 10.8 Å². The molecule has 19 heavy (non-hydrogen) atoms. The number of hydrogen-bond acceptors (Lipinski definition) is 3. The number of aryl methyl sites for hydroxylation is 2.